The lowest BCUT2D eigenvalue weighted by Gasteiger charge is -2.15. The average molecular weight is 348 g/mol. The van der Waals surface area contributed by atoms with E-state index in [2.05, 4.69) is 5.32 Å². The molecule has 1 saturated heterocycles. The minimum atomic E-state index is -0.242. The van der Waals surface area contributed by atoms with Crippen molar-refractivity contribution in [2.24, 2.45) is 11.8 Å². The lowest BCUT2D eigenvalue weighted by atomic mass is 9.85. The van der Waals surface area contributed by atoms with Crippen molar-refractivity contribution in [1.29, 1.82) is 0 Å². The minimum absolute atomic E-state index is 0.105. The van der Waals surface area contributed by atoms with Crippen LogP contribution < -0.4 is 5.32 Å². The molecule has 1 aliphatic heterocycles. The van der Waals surface area contributed by atoms with Crippen LogP contribution in [-0.4, -0.2) is 29.2 Å². The predicted molar refractivity (Wildman–Crippen MR) is 99.3 cm³/mol. The van der Waals surface area contributed by atoms with Crippen molar-refractivity contribution < 1.29 is 14.4 Å². The summed E-state index contributed by atoms with van der Waals surface area (Å²) >= 11 is 0. The number of rotatable bonds is 4. The lowest BCUT2D eigenvalue weighted by Crippen LogP contribution is -2.34. The summed E-state index contributed by atoms with van der Waals surface area (Å²) in [6.07, 6.45) is 5.27. The van der Waals surface area contributed by atoms with Crippen molar-refractivity contribution in [3.8, 4) is 0 Å². The summed E-state index contributed by atoms with van der Waals surface area (Å²) in [6.45, 7) is 0.140. The van der Waals surface area contributed by atoms with Gasteiger partial charge in [-0.25, -0.2) is 0 Å². The van der Waals surface area contributed by atoms with Crippen LogP contribution in [0.3, 0.4) is 0 Å². The monoisotopic (exact) mass is 348 g/mol. The zero-order chi connectivity index (χ0) is 18.1. The van der Waals surface area contributed by atoms with Crippen LogP contribution in [0.5, 0.6) is 0 Å². The average Bonchev–Trinajstić information content (AvgIpc) is 2.91. The molecule has 0 unspecified atom stereocenters. The first-order chi connectivity index (χ1) is 12.6. The number of nitrogens with zero attached hydrogens (tertiary/aromatic N) is 1. The smallest absolute Gasteiger partial charge is 0.233 e. The molecule has 4 rings (SSSR count). The first-order valence-corrected chi connectivity index (χ1v) is 8.93. The fourth-order valence-electron chi connectivity index (χ4n) is 3.85. The molecule has 5 heteroatoms. The quantitative estimate of drug-likeness (QED) is 0.682. The number of hydrogen-bond acceptors (Lipinski definition) is 3. The second-order valence-electron chi connectivity index (χ2n) is 6.81. The highest BCUT2D eigenvalue weighted by Gasteiger charge is 2.46. The molecule has 0 aromatic heterocycles. The normalized spacial score (nSPS) is 21.9. The van der Waals surface area contributed by atoms with Gasteiger partial charge in [-0.3, -0.25) is 19.3 Å². The summed E-state index contributed by atoms with van der Waals surface area (Å²) in [6, 6.07) is 13.6. The van der Waals surface area contributed by atoms with Crippen LogP contribution >= 0.6 is 0 Å². The number of allylic oxidation sites excluding steroid dienone is 2. The highest BCUT2D eigenvalue weighted by Crippen LogP contribution is 2.35. The van der Waals surface area contributed by atoms with Gasteiger partial charge in [0.1, 0.15) is 0 Å². The molecule has 0 bridgehead atoms. The van der Waals surface area contributed by atoms with Gasteiger partial charge < -0.3 is 5.32 Å². The van der Waals surface area contributed by atoms with Crippen LogP contribution in [0.4, 0.5) is 5.69 Å². The number of nitrogens with one attached hydrogen (secondary N) is 1. The van der Waals surface area contributed by atoms with Gasteiger partial charge in [0.05, 0.1) is 11.8 Å². The second-order valence-corrected chi connectivity index (χ2v) is 6.81. The minimum Gasteiger partial charge on any atom is -0.325 e. The van der Waals surface area contributed by atoms with E-state index in [1.807, 2.05) is 54.6 Å². The summed E-state index contributed by atoms with van der Waals surface area (Å²) in [7, 11) is 0. The van der Waals surface area contributed by atoms with E-state index in [9.17, 15) is 14.4 Å². The molecule has 1 heterocycles. The van der Waals surface area contributed by atoms with E-state index < -0.39 is 0 Å². The van der Waals surface area contributed by atoms with E-state index >= 15 is 0 Å². The summed E-state index contributed by atoms with van der Waals surface area (Å²) in [5, 5.41) is 4.92. The Hall–Kier alpha value is -2.95. The van der Waals surface area contributed by atoms with E-state index in [0.717, 1.165) is 16.5 Å². The first kappa shape index (κ1) is 16.5. The molecule has 1 aliphatic carbocycles. The topological polar surface area (TPSA) is 66.5 Å². The SMILES string of the molecule is O=C(CCN1C(=O)[C@H]2CC=CC[C@@H]2C1=O)Nc1cccc2ccccc12. The van der Waals surface area contributed by atoms with Gasteiger partial charge in [0.2, 0.25) is 17.7 Å². The Kier molecular flexibility index (Phi) is 4.29. The van der Waals surface area contributed by atoms with Crippen molar-refractivity contribution in [2.45, 2.75) is 19.3 Å². The third kappa shape index (κ3) is 2.90. The van der Waals surface area contributed by atoms with Gasteiger partial charge >= 0.3 is 0 Å². The molecule has 132 valence electrons. The molecule has 26 heavy (non-hydrogen) atoms. The summed E-state index contributed by atoms with van der Waals surface area (Å²) < 4.78 is 0. The molecule has 0 spiro atoms. The standard InChI is InChI=1S/C21H20N2O3/c24-19(22-18-11-5-7-14-6-1-2-8-15(14)18)12-13-23-20(25)16-9-3-4-10-17(16)21(23)26/h1-8,11,16-17H,9-10,12-13H2,(H,22,24)/t16-,17-/m0/s1. The van der Waals surface area contributed by atoms with Crippen molar-refractivity contribution in [1.82, 2.24) is 4.90 Å². The zero-order valence-electron chi connectivity index (χ0n) is 14.4. The van der Waals surface area contributed by atoms with Crippen molar-refractivity contribution in [3.63, 3.8) is 0 Å². The maximum Gasteiger partial charge on any atom is 0.233 e. The molecule has 1 fully saturated rings. The highest BCUT2D eigenvalue weighted by atomic mass is 16.2. The fraction of sp³-hybridized carbons (Fsp3) is 0.286. The molecule has 1 N–H and O–H groups in total. The number of amides is 3. The molecular weight excluding hydrogens is 328 g/mol. The Balaban J connectivity index is 1.41. The highest BCUT2D eigenvalue weighted by molar-refractivity contribution is 6.06. The van der Waals surface area contributed by atoms with Crippen LogP contribution in [0.15, 0.2) is 54.6 Å². The lowest BCUT2D eigenvalue weighted by molar-refractivity contribution is -0.140. The molecule has 3 amide bonds. The summed E-state index contributed by atoms with van der Waals surface area (Å²) in [5.74, 6) is -0.957. The van der Waals surface area contributed by atoms with E-state index in [1.165, 1.54) is 4.90 Å². The van der Waals surface area contributed by atoms with Crippen LogP contribution in [0.25, 0.3) is 10.8 Å². The van der Waals surface area contributed by atoms with Gasteiger partial charge in [0.25, 0.3) is 0 Å². The second kappa shape index (κ2) is 6.75. The molecular formula is C21H20N2O3. The van der Waals surface area contributed by atoms with Crippen molar-refractivity contribution in [3.05, 3.63) is 54.6 Å². The molecule has 2 aromatic carbocycles. The summed E-state index contributed by atoms with van der Waals surface area (Å²) in [5.41, 5.74) is 0.741. The summed E-state index contributed by atoms with van der Waals surface area (Å²) in [4.78, 5) is 38.5. The maximum atomic E-state index is 12.4. The first-order valence-electron chi connectivity index (χ1n) is 8.93. The largest absolute Gasteiger partial charge is 0.325 e. The van der Waals surface area contributed by atoms with Crippen molar-refractivity contribution >= 4 is 34.2 Å². The molecule has 0 saturated carbocycles. The van der Waals surface area contributed by atoms with E-state index in [0.29, 0.717) is 12.8 Å². The van der Waals surface area contributed by atoms with E-state index in [-0.39, 0.29) is 42.5 Å². The fourth-order valence-corrected chi connectivity index (χ4v) is 3.85. The number of hydrogen-bond donors (Lipinski definition) is 1. The Labute approximate surface area is 151 Å². The number of imide groups is 1. The maximum absolute atomic E-state index is 12.4. The molecule has 2 aliphatic rings. The van der Waals surface area contributed by atoms with Crippen LogP contribution in [-0.2, 0) is 14.4 Å². The molecule has 0 radical (unpaired) electrons. The van der Waals surface area contributed by atoms with E-state index in [1.54, 1.807) is 0 Å². The van der Waals surface area contributed by atoms with Crippen molar-refractivity contribution in [2.75, 3.05) is 11.9 Å². The number of fused-ring (bicyclic) bond motifs is 2. The molecule has 2 aromatic rings. The van der Waals surface area contributed by atoms with Crippen LogP contribution in [0.1, 0.15) is 19.3 Å². The Morgan fingerprint density at radius 1 is 0.962 bits per heavy atom. The molecule has 5 nitrogen and oxygen atoms in total. The van der Waals surface area contributed by atoms with Gasteiger partial charge in [0, 0.05) is 24.0 Å². The number of likely N-dealkylation sites (tertiary alicyclic amines) is 1. The van der Waals surface area contributed by atoms with Gasteiger partial charge in [-0.05, 0) is 24.3 Å². The van der Waals surface area contributed by atoms with Gasteiger partial charge in [-0.15, -0.1) is 0 Å². The van der Waals surface area contributed by atoms with Crippen LogP contribution in [0.2, 0.25) is 0 Å². The Morgan fingerprint density at radius 2 is 1.62 bits per heavy atom. The Bertz CT molecular complexity index is 887. The Morgan fingerprint density at radius 3 is 2.35 bits per heavy atom. The van der Waals surface area contributed by atoms with E-state index in [4.69, 9.17) is 0 Å². The third-order valence-electron chi connectivity index (χ3n) is 5.23. The third-order valence-corrected chi connectivity index (χ3v) is 5.23. The molecule has 2 atom stereocenters. The zero-order valence-corrected chi connectivity index (χ0v) is 14.4. The number of anilines is 1. The van der Waals surface area contributed by atoms with Gasteiger partial charge in [0.15, 0.2) is 0 Å². The van der Waals surface area contributed by atoms with Gasteiger partial charge in [-0.1, -0.05) is 48.6 Å². The number of benzene rings is 2. The van der Waals surface area contributed by atoms with Crippen LogP contribution in [0, 0.1) is 11.8 Å². The van der Waals surface area contributed by atoms with Gasteiger partial charge in [-0.2, -0.15) is 0 Å². The number of carbonyl (C=O) groups is 3. The number of carbonyl (C=O) groups excluding carboxylic acids is 3. The predicted octanol–water partition coefficient (Wildman–Crippen LogP) is 3.12.